The van der Waals surface area contributed by atoms with Gasteiger partial charge in [0, 0.05) is 11.6 Å². The lowest BCUT2D eigenvalue weighted by Crippen LogP contribution is -2.55. The van der Waals surface area contributed by atoms with Crippen molar-refractivity contribution in [3.63, 3.8) is 0 Å². The molecule has 0 fully saturated rings. The Morgan fingerprint density at radius 1 is 1.32 bits per heavy atom. The number of carbonyl (C=O) groups excluding carboxylic acids is 1. The van der Waals surface area contributed by atoms with Crippen LogP contribution in [0.25, 0.3) is 0 Å². The van der Waals surface area contributed by atoms with Gasteiger partial charge in [-0.25, -0.2) is 0 Å². The van der Waals surface area contributed by atoms with Crippen molar-refractivity contribution in [2.75, 3.05) is 0 Å². The molecule has 1 amide bonds. The molecule has 1 aromatic rings. The fourth-order valence-electron chi connectivity index (χ4n) is 2.21. The highest BCUT2D eigenvalue weighted by Gasteiger charge is 2.38. The summed E-state index contributed by atoms with van der Waals surface area (Å²) >= 11 is 6.28. The number of amides is 1. The topological polar surface area (TPSA) is 55.1 Å². The summed E-state index contributed by atoms with van der Waals surface area (Å²) < 4.78 is 0. The lowest BCUT2D eigenvalue weighted by molar-refractivity contribution is 0.0913. The van der Waals surface area contributed by atoms with Crippen molar-refractivity contribution in [2.45, 2.75) is 36.7 Å². The van der Waals surface area contributed by atoms with E-state index in [1.165, 1.54) is 0 Å². The third-order valence-corrected chi connectivity index (χ3v) is 3.99. The molecule has 3 N–H and O–H groups in total. The molecule has 3 nitrogen and oxygen atoms in total. The van der Waals surface area contributed by atoms with Gasteiger partial charge in [-0.05, 0) is 32.4 Å². The highest BCUT2D eigenvalue weighted by molar-refractivity contribution is 6.25. The van der Waals surface area contributed by atoms with Crippen molar-refractivity contribution in [3.8, 4) is 0 Å². The predicted molar refractivity (Wildman–Crippen MR) is 78.3 cm³/mol. The van der Waals surface area contributed by atoms with E-state index >= 15 is 0 Å². The van der Waals surface area contributed by atoms with Crippen LogP contribution in [0.2, 0.25) is 0 Å². The molecule has 0 aromatic heterocycles. The first-order valence-electron chi connectivity index (χ1n) is 6.35. The molecule has 0 radical (unpaired) electrons. The molecule has 19 heavy (non-hydrogen) atoms. The quantitative estimate of drug-likeness (QED) is 0.645. The number of hydrogen-bond acceptors (Lipinski definition) is 2. The van der Waals surface area contributed by atoms with E-state index in [0.29, 0.717) is 12.0 Å². The minimum atomic E-state index is -0.545. The molecule has 1 aliphatic rings. The highest BCUT2D eigenvalue weighted by atomic mass is 35.5. The van der Waals surface area contributed by atoms with Crippen molar-refractivity contribution < 1.29 is 4.79 Å². The normalized spacial score (nSPS) is 34.0. The maximum Gasteiger partial charge on any atom is 0.251 e. The van der Waals surface area contributed by atoms with Gasteiger partial charge in [0.25, 0.3) is 5.91 Å². The molecule has 1 aromatic carbocycles. The summed E-state index contributed by atoms with van der Waals surface area (Å²) in [6, 6.07) is 8.95. The molecule has 0 saturated heterocycles. The Labute approximate surface area is 118 Å². The van der Waals surface area contributed by atoms with Gasteiger partial charge in [-0.3, -0.25) is 4.79 Å². The largest absolute Gasteiger partial charge is 0.343 e. The number of hydrogen-bond donors (Lipinski definition) is 2. The number of halogens is 1. The molecule has 0 bridgehead atoms. The minimum absolute atomic E-state index is 0.0990. The Bertz CT molecular complexity index is 498. The predicted octanol–water partition coefficient (Wildman–Crippen LogP) is 2.46. The van der Waals surface area contributed by atoms with Crippen molar-refractivity contribution in [1.82, 2.24) is 5.32 Å². The Hall–Kier alpha value is -1.32. The average Bonchev–Trinajstić information content (AvgIpc) is 2.36. The van der Waals surface area contributed by atoms with Crippen molar-refractivity contribution in [1.29, 1.82) is 0 Å². The van der Waals surface area contributed by atoms with E-state index in [0.717, 1.165) is 0 Å². The van der Waals surface area contributed by atoms with E-state index < -0.39 is 10.4 Å². The first-order valence-corrected chi connectivity index (χ1v) is 6.73. The summed E-state index contributed by atoms with van der Waals surface area (Å²) in [6.07, 6.45) is 4.42. The van der Waals surface area contributed by atoms with Crippen LogP contribution >= 0.6 is 11.6 Å². The van der Waals surface area contributed by atoms with Crippen molar-refractivity contribution >= 4 is 17.5 Å². The fourth-order valence-corrected chi connectivity index (χ4v) is 2.35. The zero-order valence-corrected chi connectivity index (χ0v) is 11.9. The molecule has 4 heteroatoms. The zero-order chi connectivity index (χ0) is 14.1. The molecule has 0 spiro atoms. The second kappa shape index (κ2) is 4.99. The smallest absolute Gasteiger partial charge is 0.251 e. The summed E-state index contributed by atoms with van der Waals surface area (Å²) in [6.45, 7) is 3.84. The molecule has 0 aliphatic heterocycles. The van der Waals surface area contributed by atoms with E-state index in [1.807, 2.05) is 44.2 Å². The van der Waals surface area contributed by atoms with Crippen LogP contribution < -0.4 is 11.1 Å². The molecule has 2 rings (SSSR count). The number of benzene rings is 1. The van der Waals surface area contributed by atoms with E-state index in [-0.39, 0.29) is 11.9 Å². The number of alkyl halides is 1. The number of carbonyl (C=O) groups is 1. The third kappa shape index (κ3) is 3.17. The van der Waals surface area contributed by atoms with Crippen LogP contribution in [0.15, 0.2) is 42.5 Å². The molecule has 3 unspecified atom stereocenters. The van der Waals surface area contributed by atoms with Gasteiger partial charge in [-0.1, -0.05) is 30.4 Å². The van der Waals surface area contributed by atoms with Crippen LogP contribution in [-0.2, 0) is 0 Å². The van der Waals surface area contributed by atoms with Gasteiger partial charge in [0.2, 0.25) is 0 Å². The second-order valence-electron chi connectivity index (χ2n) is 5.53. The van der Waals surface area contributed by atoms with Gasteiger partial charge < -0.3 is 11.1 Å². The molecular formula is C15H19ClN2O. The number of rotatable bonds is 2. The Balaban J connectivity index is 2.13. The lowest BCUT2D eigenvalue weighted by atomic mass is 9.80. The molecule has 1 aliphatic carbocycles. The van der Waals surface area contributed by atoms with E-state index in [4.69, 9.17) is 17.3 Å². The SMILES string of the molecule is CC1(NC(=O)c2ccccc2)C=CC(C)(Cl)C(N)C1. The summed E-state index contributed by atoms with van der Waals surface area (Å²) in [5, 5.41) is 3.02. The van der Waals surface area contributed by atoms with Crippen molar-refractivity contribution in [3.05, 3.63) is 48.0 Å². The Kier molecular flexibility index (Phi) is 3.70. The maximum atomic E-state index is 12.2. The van der Waals surface area contributed by atoms with Crippen LogP contribution in [0.1, 0.15) is 30.6 Å². The van der Waals surface area contributed by atoms with Gasteiger partial charge in [0.05, 0.1) is 10.4 Å². The van der Waals surface area contributed by atoms with Gasteiger partial charge in [-0.2, -0.15) is 0 Å². The van der Waals surface area contributed by atoms with Gasteiger partial charge in [0.15, 0.2) is 0 Å². The fraction of sp³-hybridized carbons (Fsp3) is 0.400. The van der Waals surface area contributed by atoms with Crippen LogP contribution in [0.4, 0.5) is 0 Å². The molecule has 102 valence electrons. The third-order valence-electron chi connectivity index (χ3n) is 3.58. The summed E-state index contributed by atoms with van der Waals surface area (Å²) in [4.78, 5) is 11.6. The Morgan fingerprint density at radius 2 is 1.95 bits per heavy atom. The number of nitrogens with two attached hydrogens (primary N) is 1. The molecule has 3 atom stereocenters. The van der Waals surface area contributed by atoms with Crippen LogP contribution in [0.3, 0.4) is 0 Å². The molecular weight excluding hydrogens is 260 g/mol. The first-order chi connectivity index (χ1) is 8.82. The monoisotopic (exact) mass is 278 g/mol. The number of nitrogens with one attached hydrogen (secondary N) is 1. The van der Waals surface area contributed by atoms with Gasteiger partial charge in [0.1, 0.15) is 0 Å². The lowest BCUT2D eigenvalue weighted by Gasteiger charge is -2.40. The first kappa shape index (κ1) is 14.1. The molecule has 0 heterocycles. The standard InChI is InChI=1S/C15H19ClN2O/c1-14(8-9-15(2,16)12(17)10-14)18-13(19)11-6-4-3-5-7-11/h3-9,12H,10,17H2,1-2H3,(H,18,19). The Morgan fingerprint density at radius 3 is 2.53 bits per heavy atom. The zero-order valence-electron chi connectivity index (χ0n) is 11.2. The summed E-state index contributed by atoms with van der Waals surface area (Å²) in [5.74, 6) is -0.0990. The van der Waals surface area contributed by atoms with Gasteiger partial charge >= 0.3 is 0 Å². The van der Waals surface area contributed by atoms with Crippen LogP contribution in [0, 0.1) is 0 Å². The highest BCUT2D eigenvalue weighted by Crippen LogP contribution is 2.32. The second-order valence-corrected chi connectivity index (χ2v) is 6.35. The average molecular weight is 279 g/mol. The van der Waals surface area contributed by atoms with E-state index in [2.05, 4.69) is 5.32 Å². The minimum Gasteiger partial charge on any atom is -0.343 e. The molecule has 0 saturated carbocycles. The van der Waals surface area contributed by atoms with Crippen LogP contribution in [0.5, 0.6) is 0 Å². The summed E-state index contributed by atoms with van der Waals surface area (Å²) in [7, 11) is 0. The van der Waals surface area contributed by atoms with E-state index in [1.54, 1.807) is 12.1 Å². The summed E-state index contributed by atoms with van der Waals surface area (Å²) in [5.41, 5.74) is 6.25. The van der Waals surface area contributed by atoms with E-state index in [9.17, 15) is 4.79 Å². The van der Waals surface area contributed by atoms with Crippen LogP contribution in [-0.4, -0.2) is 22.4 Å². The van der Waals surface area contributed by atoms with Crippen molar-refractivity contribution in [2.24, 2.45) is 5.73 Å². The maximum absolute atomic E-state index is 12.2. The van der Waals surface area contributed by atoms with Gasteiger partial charge in [-0.15, -0.1) is 11.6 Å².